The Morgan fingerprint density at radius 2 is 1.64 bits per heavy atom. The lowest BCUT2D eigenvalue weighted by molar-refractivity contribution is -0.138. The van der Waals surface area contributed by atoms with Crippen molar-refractivity contribution in [3.05, 3.63) is 35.9 Å². The predicted molar refractivity (Wildman–Crippen MR) is 136 cm³/mol. The molecular weight excluding hydrogens is 464 g/mol. The number of carbonyl (C=O) groups excluding carboxylic acids is 3. The van der Waals surface area contributed by atoms with Crippen LogP contribution in [0.2, 0.25) is 0 Å². The normalized spacial score (nSPS) is 16.1. The standard InChI is InChI=1S/C26H42N4O6/c1-21(31)30-13-5-10-24(30)26(33)29-23(20-22-8-3-2-4-9-22)25(32)28-12-7-15-35-17-19-36-18-16-34-14-6-11-27/h2-4,8-9,23-24H,5-7,10-20,27H2,1H3,(H,28,32)(H,29,33). The summed E-state index contributed by atoms with van der Waals surface area (Å²) < 4.78 is 16.3. The lowest BCUT2D eigenvalue weighted by Gasteiger charge is -2.25. The third-order valence-corrected chi connectivity index (χ3v) is 5.88. The van der Waals surface area contributed by atoms with Crippen LogP contribution in [0.3, 0.4) is 0 Å². The van der Waals surface area contributed by atoms with Gasteiger partial charge in [-0.3, -0.25) is 14.4 Å². The number of carbonyl (C=O) groups is 3. The van der Waals surface area contributed by atoms with Crippen LogP contribution in [-0.2, 0) is 35.0 Å². The first kappa shape index (κ1) is 29.7. The molecule has 0 aliphatic carbocycles. The molecular formula is C26H42N4O6. The van der Waals surface area contributed by atoms with Crippen LogP contribution < -0.4 is 16.4 Å². The van der Waals surface area contributed by atoms with Gasteiger partial charge in [0, 0.05) is 39.6 Å². The van der Waals surface area contributed by atoms with Crippen molar-refractivity contribution in [2.45, 2.75) is 51.1 Å². The first-order valence-corrected chi connectivity index (χ1v) is 12.9. The minimum absolute atomic E-state index is 0.127. The Kier molecular flexibility index (Phi) is 14.7. The lowest BCUT2D eigenvalue weighted by Crippen LogP contribution is -2.53. The van der Waals surface area contributed by atoms with Gasteiger partial charge in [-0.1, -0.05) is 30.3 Å². The summed E-state index contributed by atoms with van der Waals surface area (Å²) in [5, 5.41) is 5.78. The van der Waals surface area contributed by atoms with Gasteiger partial charge < -0.3 is 35.5 Å². The monoisotopic (exact) mass is 506 g/mol. The zero-order chi connectivity index (χ0) is 26.0. The number of ether oxygens (including phenoxy) is 3. The van der Waals surface area contributed by atoms with Gasteiger partial charge >= 0.3 is 0 Å². The molecule has 0 saturated carbocycles. The van der Waals surface area contributed by atoms with Crippen molar-refractivity contribution in [2.24, 2.45) is 5.73 Å². The molecule has 36 heavy (non-hydrogen) atoms. The summed E-state index contributed by atoms with van der Waals surface area (Å²) >= 11 is 0. The summed E-state index contributed by atoms with van der Waals surface area (Å²) in [5.41, 5.74) is 6.34. The second-order valence-electron chi connectivity index (χ2n) is 8.75. The van der Waals surface area contributed by atoms with Crippen molar-refractivity contribution in [1.29, 1.82) is 0 Å². The van der Waals surface area contributed by atoms with Crippen LogP contribution in [0.15, 0.2) is 30.3 Å². The largest absolute Gasteiger partial charge is 0.379 e. The molecule has 2 unspecified atom stereocenters. The summed E-state index contributed by atoms with van der Waals surface area (Å²) in [4.78, 5) is 39.3. The first-order chi connectivity index (χ1) is 17.5. The second kappa shape index (κ2) is 17.8. The molecule has 3 amide bonds. The van der Waals surface area contributed by atoms with E-state index in [1.807, 2.05) is 30.3 Å². The van der Waals surface area contributed by atoms with Crippen LogP contribution in [0.5, 0.6) is 0 Å². The molecule has 1 aromatic carbocycles. The zero-order valence-electron chi connectivity index (χ0n) is 21.4. The Hall–Kier alpha value is -2.53. The molecule has 0 spiro atoms. The Balaban J connectivity index is 1.69. The Morgan fingerprint density at radius 3 is 2.28 bits per heavy atom. The van der Waals surface area contributed by atoms with Crippen LogP contribution in [-0.4, -0.2) is 94.0 Å². The van der Waals surface area contributed by atoms with Gasteiger partial charge in [0.2, 0.25) is 17.7 Å². The highest BCUT2D eigenvalue weighted by atomic mass is 16.5. The minimum Gasteiger partial charge on any atom is -0.379 e. The molecule has 0 radical (unpaired) electrons. The molecule has 1 aliphatic heterocycles. The van der Waals surface area contributed by atoms with Gasteiger partial charge in [0.05, 0.1) is 26.4 Å². The first-order valence-electron chi connectivity index (χ1n) is 12.9. The maximum atomic E-state index is 12.9. The van der Waals surface area contributed by atoms with Crippen molar-refractivity contribution in [2.75, 3.05) is 59.3 Å². The van der Waals surface area contributed by atoms with E-state index in [9.17, 15) is 14.4 Å². The number of rotatable bonds is 18. The fourth-order valence-electron chi connectivity index (χ4n) is 3.98. The van der Waals surface area contributed by atoms with Gasteiger partial charge in [0.15, 0.2) is 0 Å². The Labute approximate surface area is 214 Å². The van der Waals surface area contributed by atoms with E-state index in [4.69, 9.17) is 19.9 Å². The molecule has 2 atom stereocenters. The minimum atomic E-state index is -0.726. The number of nitrogens with zero attached hydrogens (tertiary/aromatic N) is 1. The highest BCUT2D eigenvalue weighted by Gasteiger charge is 2.34. The average Bonchev–Trinajstić information content (AvgIpc) is 3.38. The fraction of sp³-hybridized carbons (Fsp3) is 0.654. The number of nitrogens with one attached hydrogen (secondary N) is 2. The number of nitrogens with two attached hydrogens (primary N) is 1. The van der Waals surface area contributed by atoms with E-state index in [1.165, 1.54) is 6.92 Å². The van der Waals surface area contributed by atoms with Crippen molar-refractivity contribution in [3.63, 3.8) is 0 Å². The third kappa shape index (κ3) is 11.5. The van der Waals surface area contributed by atoms with E-state index < -0.39 is 12.1 Å². The molecule has 1 aromatic rings. The van der Waals surface area contributed by atoms with Gasteiger partial charge in [-0.2, -0.15) is 0 Å². The van der Waals surface area contributed by atoms with E-state index >= 15 is 0 Å². The Bertz CT molecular complexity index is 779. The molecule has 202 valence electrons. The van der Waals surface area contributed by atoms with E-state index in [0.717, 1.165) is 18.4 Å². The van der Waals surface area contributed by atoms with Gasteiger partial charge in [0.25, 0.3) is 0 Å². The number of hydrogen-bond donors (Lipinski definition) is 3. The molecule has 10 heteroatoms. The number of hydrogen-bond acceptors (Lipinski definition) is 7. The SMILES string of the molecule is CC(=O)N1CCCC1C(=O)NC(Cc1ccccc1)C(=O)NCCCOCCOCCOCCCN. The summed E-state index contributed by atoms with van der Waals surface area (Å²) in [6.07, 6.45) is 3.24. The van der Waals surface area contributed by atoms with Crippen LogP contribution in [0.4, 0.5) is 0 Å². The molecule has 10 nitrogen and oxygen atoms in total. The van der Waals surface area contributed by atoms with Crippen LogP contribution >= 0.6 is 0 Å². The van der Waals surface area contributed by atoms with Crippen LogP contribution in [0.25, 0.3) is 0 Å². The molecule has 1 aliphatic rings. The average molecular weight is 507 g/mol. The van der Waals surface area contributed by atoms with Crippen molar-refractivity contribution < 1.29 is 28.6 Å². The highest BCUT2D eigenvalue weighted by molar-refractivity contribution is 5.92. The maximum absolute atomic E-state index is 12.9. The zero-order valence-corrected chi connectivity index (χ0v) is 21.4. The van der Waals surface area contributed by atoms with E-state index in [1.54, 1.807) is 4.90 Å². The number of amides is 3. The number of benzene rings is 1. The highest BCUT2D eigenvalue weighted by Crippen LogP contribution is 2.18. The van der Waals surface area contributed by atoms with Crippen LogP contribution in [0, 0.1) is 0 Å². The lowest BCUT2D eigenvalue weighted by atomic mass is 10.0. The summed E-state index contributed by atoms with van der Waals surface area (Å²) in [6, 6.07) is 8.30. The van der Waals surface area contributed by atoms with Gasteiger partial charge in [-0.05, 0) is 37.8 Å². The number of likely N-dealkylation sites (tertiary alicyclic amines) is 1. The maximum Gasteiger partial charge on any atom is 0.243 e. The smallest absolute Gasteiger partial charge is 0.243 e. The molecule has 1 fully saturated rings. The Morgan fingerprint density at radius 1 is 1.00 bits per heavy atom. The topological polar surface area (TPSA) is 132 Å². The van der Waals surface area contributed by atoms with Gasteiger partial charge in [0.1, 0.15) is 12.1 Å². The molecule has 0 aromatic heterocycles. The van der Waals surface area contributed by atoms with E-state index in [2.05, 4.69) is 10.6 Å². The van der Waals surface area contributed by atoms with Crippen molar-refractivity contribution >= 4 is 17.7 Å². The predicted octanol–water partition coefficient (Wildman–Crippen LogP) is 0.630. The van der Waals surface area contributed by atoms with Crippen molar-refractivity contribution in [3.8, 4) is 0 Å². The van der Waals surface area contributed by atoms with E-state index in [-0.39, 0.29) is 17.7 Å². The summed E-state index contributed by atoms with van der Waals surface area (Å²) in [7, 11) is 0. The van der Waals surface area contributed by atoms with E-state index in [0.29, 0.717) is 78.5 Å². The summed E-state index contributed by atoms with van der Waals surface area (Å²) in [6.45, 7) is 6.23. The molecule has 2 rings (SSSR count). The van der Waals surface area contributed by atoms with Crippen LogP contribution in [0.1, 0.15) is 38.2 Å². The van der Waals surface area contributed by atoms with Crippen molar-refractivity contribution in [1.82, 2.24) is 15.5 Å². The second-order valence-corrected chi connectivity index (χ2v) is 8.75. The molecule has 0 bridgehead atoms. The quantitative estimate of drug-likeness (QED) is 0.249. The third-order valence-electron chi connectivity index (χ3n) is 5.88. The summed E-state index contributed by atoms with van der Waals surface area (Å²) in [5.74, 6) is -0.664. The molecule has 1 heterocycles. The molecule has 4 N–H and O–H groups in total. The fourth-order valence-corrected chi connectivity index (χ4v) is 3.98. The van der Waals surface area contributed by atoms with Gasteiger partial charge in [-0.25, -0.2) is 0 Å². The molecule has 1 saturated heterocycles. The van der Waals surface area contributed by atoms with Gasteiger partial charge in [-0.15, -0.1) is 0 Å².